The van der Waals surface area contributed by atoms with Crippen LogP contribution in [0.1, 0.15) is 19.9 Å². The Morgan fingerprint density at radius 1 is 1.07 bits per heavy atom. The zero-order valence-corrected chi connectivity index (χ0v) is 18.7. The number of nitrogens with one attached hydrogen (secondary N) is 1. The Morgan fingerprint density at radius 3 is 2.38 bits per heavy atom. The van der Waals surface area contributed by atoms with Crippen LogP contribution < -0.4 is 13.9 Å². The first-order chi connectivity index (χ1) is 13.4. The number of rotatable bonds is 6. The van der Waals surface area contributed by atoms with E-state index in [1.165, 1.54) is 31.3 Å². The van der Waals surface area contributed by atoms with Gasteiger partial charge < -0.3 is 0 Å². The Morgan fingerprint density at radius 2 is 1.76 bits per heavy atom. The Hall–Kier alpha value is -2.37. The minimum Gasteiger partial charge on any atom is -0.296 e. The molecule has 1 N–H and O–H groups in total. The molecule has 3 aromatic rings. The number of nitrogens with zero attached hydrogens (tertiary/aromatic N) is 2. The third kappa shape index (κ3) is 4.31. The Balaban J connectivity index is 1.97. The van der Waals surface area contributed by atoms with Gasteiger partial charge in [0.2, 0.25) is 10.0 Å². The van der Waals surface area contributed by atoms with E-state index < -0.39 is 20.0 Å². The molecule has 0 bridgehead atoms. The highest BCUT2D eigenvalue weighted by molar-refractivity contribution is 7.92. The zero-order chi connectivity index (χ0) is 21.6. The van der Waals surface area contributed by atoms with Crippen LogP contribution in [0, 0.1) is 0 Å². The maximum absolute atomic E-state index is 12.8. The summed E-state index contributed by atoms with van der Waals surface area (Å²) in [5.74, 6) is 0. The van der Waals surface area contributed by atoms with Gasteiger partial charge in [-0.25, -0.2) is 16.8 Å². The van der Waals surface area contributed by atoms with Crippen molar-refractivity contribution in [2.45, 2.75) is 24.8 Å². The molecule has 0 unspecified atom stereocenters. The second-order valence-electron chi connectivity index (χ2n) is 6.85. The van der Waals surface area contributed by atoms with Crippen molar-refractivity contribution in [3.63, 3.8) is 0 Å². The Bertz CT molecular complexity index is 1340. The highest BCUT2D eigenvalue weighted by Gasteiger charge is 2.19. The number of hydrogen-bond acceptors (Lipinski definition) is 6. The van der Waals surface area contributed by atoms with Gasteiger partial charge in [0.05, 0.1) is 32.7 Å². The standard InChI is InChI=1S/C18H21N3O5S3/c1-12(2)21-16-9-8-15(11-17(16)27-18(21)22)29(25,26)19-13-6-5-7-14(10-13)20(3)28(4,23)24/h5-12,19H,1-4H3. The Kier molecular flexibility index (Phi) is 5.50. The summed E-state index contributed by atoms with van der Waals surface area (Å²) < 4.78 is 54.8. The molecule has 11 heteroatoms. The van der Waals surface area contributed by atoms with E-state index in [9.17, 15) is 21.6 Å². The van der Waals surface area contributed by atoms with E-state index in [0.717, 1.165) is 21.9 Å². The van der Waals surface area contributed by atoms with Crippen molar-refractivity contribution >= 4 is 53.0 Å². The summed E-state index contributed by atoms with van der Waals surface area (Å²) in [6.07, 6.45) is 1.06. The summed E-state index contributed by atoms with van der Waals surface area (Å²) in [7, 11) is -6.02. The third-order valence-electron chi connectivity index (χ3n) is 4.37. The van der Waals surface area contributed by atoms with E-state index in [2.05, 4.69) is 4.72 Å². The number of benzene rings is 2. The van der Waals surface area contributed by atoms with E-state index >= 15 is 0 Å². The molecule has 156 valence electrons. The molecule has 0 saturated heterocycles. The lowest BCUT2D eigenvalue weighted by Gasteiger charge is -2.17. The predicted octanol–water partition coefficient (Wildman–Crippen LogP) is 2.84. The Labute approximate surface area is 173 Å². The summed E-state index contributed by atoms with van der Waals surface area (Å²) in [5, 5.41) is 0. The van der Waals surface area contributed by atoms with Crippen LogP contribution in [0.3, 0.4) is 0 Å². The van der Waals surface area contributed by atoms with Gasteiger partial charge in [-0.05, 0) is 50.2 Å². The van der Waals surface area contributed by atoms with E-state index in [0.29, 0.717) is 15.9 Å². The first-order valence-electron chi connectivity index (χ1n) is 8.62. The molecule has 0 aliphatic rings. The summed E-state index contributed by atoms with van der Waals surface area (Å²) >= 11 is 0.995. The fraction of sp³-hybridized carbons (Fsp3) is 0.278. The highest BCUT2D eigenvalue weighted by Crippen LogP contribution is 2.26. The van der Waals surface area contributed by atoms with E-state index in [-0.39, 0.29) is 21.5 Å². The molecule has 0 saturated carbocycles. The summed E-state index contributed by atoms with van der Waals surface area (Å²) in [6, 6.07) is 10.6. The van der Waals surface area contributed by atoms with Crippen LogP contribution >= 0.6 is 11.3 Å². The van der Waals surface area contributed by atoms with Crippen LogP contribution in [0.4, 0.5) is 11.4 Å². The molecular weight excluding hydrogens is 434 g/mol. The fourth-order valence-electron chi connectivity index (χ4n) is 2.84. The van der Waals surface area contributed by atoms with Crippen molar-refractivity contribution in [3.05, 3.63) is 52.1 Å². The average Bonchev–Trinajstić information content (AvgIpc) is 2.95. The molecule has 0 radical (unpaired) electrons. The average molecular weight is 456 g/mol. The number of sulfonamides is 2. The molecule has 0 aliphatic carbocycles. The minimum atomic E-state index is -3.93. The lowest BCUT2D eigenvalue weighted by molar-refractivity contribution is 0.599. The van der Waals surface area contributed by atoms with Gasteiger partial charge in [-0.2, -0.15) is 0 Å². The quantitative estimate of drug-likeness (QED) is 0.615. The molecule has 0 atom stereocenters. The molecule has 8 nitrogen and oxygen atoms in total. The maximum Gasteiger partial charge on any atom is 0.308 e. The van der Waals surface area contributed by atoms with Crippen LogP contribution in [-0.4, -0.2) is 34.7 Å². The van der Waals surface area contributed by atoms with E-state index in [1.54, 1.807) is 22.8 Å². The van der Waals surface area contributed by atoms with E-state index in [4.69, 9.17) is 0 Å². The summed E-state index contributed by atoms with van der Waals surface area (Å²) in [6.45, 7) is 3.78. The molecule has 29 heavy (non-hydrogen) atoms. The smallest absolute Gasteiger partial charge is 0.296 e. The first kappa shape index (κ1) is 21.3. The number of fused-ring (bicyclic) bond motifs is 1. The lowest BCUT2D eigenvalue weighted by atomic mass is 10.3. The van der Waals surface area contributed by atoms with Crippen molar-refractivity contribution in [3.8, 4) is 0 Å². The molecule has 0 aliphatic heterocycles. The van der Waals surface area contributed by atoms with Gasteiger partial charge >= 0.3 is 4.87 Å². The molecule has 1 aromatic heterocycles. The van der Waals surface area contributed by atoms with Crippen molar-refractivity contribution in [2.24, 2.45) is 0 Å². The van der Waals surface area contributed by atoms with Crippen molar-refractivity contribution in [1.29, 1.82) is 0 Å². The van der Waals surface area contributed by atoms with Crippen LogP contribution in [0.2, 0.25) is 0 Å². The third-order valence-corrected chi connectivity index (χ3v) is 7.87. The van der Waals surface area contributed by atoms with Gasteiger partial charge in [0.15, 0.2) is 0 Å². The monoisotopic (exact) mass is 455 g/mol. The van der Waals surface area contributed by atoms with E-state index in [1.807, 2.05) is 13.8 Å². The topological polar surface area (TPSA) is 106 Å². The van der Waals surface area contributed by atoms with Gasteiger partial charge in [-0.15, -0.1) is 0 Å². The van der Waals surface area contributed by atoms with Crippen LogP contribution in [0.5, 0.6) is 0 Å². The number of hydrogen-bond donors (Lipinski definition) is 1. The van der Waals surface area contributed by atoms with Crippen molar-refractivity contribution in [2.75, 3.05) is 22.3 Å². The second-order valence-corrected chi connectivity index (χ2v) is 11.5. The van der Waals surface area contributed by atoms with Crippen LogP contribution in [0.15, 0.2) is 52.2 Å². The highest BCUT2D eigenvalue weighted by atomic mass is 32.2. The number of aromatic nitrogens is 1. The molecule has 2 aromatic carbocycles. The molecule has 0 amide bonds. The molecule has 3 rings (SSSR count). The van der Waals surface area contributed by atoms with Crippen molar-refractivity contribution in [1.82, 2.24) is 4.57 Å². The normalized spacial score (nSPS) is 12.4. The summed E-state index contributed by atoms with van der Waals surface area (Å²) in [5.41, 5.74) is 1.24. The van der Waals surface area contributed by atoms with Crippen molar-refractivity contribution < 1.29 is 16.8 Å². The molecule has 0 fully saturated rings. The predicted molar refractivity (Wildman–Crippen MR) is 117 cm³/mol. The molecular formula is C18H21N3O5S3. The van der Waals surface area contributed by atoms with Gasteiger partial charge in [-0.1, -0.05) is 17.4 Å². The number of anilines is 2. The van der Waals surface area contributed by atoms with Gasteiger partial charge in [-0.3, -0.25) is 18.4 Å². The van der Waals surface area contributed by atoms with Gasteiger partial charge in [0.25, 0.3) is 10.0 Å². The minimum absolute atomic E-state index is 0.0176. The van der Waals surface area contributed by atoms with Crippen LogP contribution in [0.25, 0.3) is 10.2 Å². The lowest BCUT2D eigenvalue weighted by Crippen LogP contribution is -2.24. The maximum atomic E-state index is 12.8. The molecule has 0 spiro atoms. The fourth-order valence-corrected chi connectivity index (χ4v) is 5.54. The largest absolute Gasteiger partial charge is 0.308 e. The molecule has 1 heterocycles. The number of thiazole rings is 1. The van der Waals surface area contributed by atoms with Crippen LogP contribution in [-0.2, 0) is 20.0 Å². The summed E-state index contributed by atoms with van der Waals surface area (Å²) in [4.78, 5) is 12.1. The second kappa shape index (κ2) is 7.47. The zero-order valence-electron chi connectivity index (χ0n) is 16.3. The van der Waals surface area contributed by atoms with Gasteiger partial charge in [0.1, 0.15) is 0 Å². The first-order valence-corrected chi connectivity index (χ1v) is 12.8. The SMILES string of the molecule is CC(C)n1c(=O)sc2cc(S(=O)(=O)Nc3cccc(N(C)S(C)(=O)=O)c3)ccc21. The van der Waals surface area contributed by atoms with Gasteiger partial charge in [0, 0.05) is 13.1 Å².